The zero-order chi connectivity index (χ0) is 14.7. The first kappa shape index (κ1) is 14.5. The molecule has 3 heterocycles. The highest BCUT2D eigenvalue weighted by Crippen LogP contribution is 2.29. The summed E-state index contributed by atoms with van der Waals surface area (Å²) in [5.74, 6) is 1.95. The molecule has 0 bridgehead atoms. The lowest BCUT2D eigenvalue weighted by molar-refractivity contribution is 0.486. The predicted octanol–water partition coefficient (Wildman–Crippen LogP) is 3.67. The summed E-state index contributed by atoms with van der Waals surface area (Å²) in [5, 5.41) is 20.0. The molecule has 0 saturated heterocycles. The van der Waals surface area contributed by atoms with E-state index in [0.717, 1.165) is 16.0 Å². The number of anilines is 1. The van der Waals surface area contributed by atoms with Crippen molar-refractivity contribution in [1.82, 2.24) is 20.4 Å². The van der Waals surface area contributed by atoms with Crippen LogP contribution in [-0.4, -0.2) is 26.9 Å². The minimum atomic E-state index is 0.363. The molecule has 21 heavy (non-hydrogen) atoms. The van der Waals surface area contributed by atoms with Gasteiger partial charge < -0.3 is 14.2 Å². The van der Waals surface area contributed by atoms with Gasteiger partial charge in [0.25, 0.3) is 5.89 Å². The highest BCUT2D eigenvalue weighted by Gasteiger charge is 2.13. The van der Waals surface area contributed by atoms with Crippen molar-refractivity contribution in [2.45, 2.75) is 17.0 Å². The maximum Gasteiger partial charge on any atom is 0.283 e. The van der Waals surface area contributed by atoms with Crippen LogP contribution in [0.3, 0.4) is 0 Å². The molecule has 0 amide bonds. The topological polar surface area (TPSA) is 89.9 Å². The highest BCUT2D eigenvalue weighted by molar-refractivity contribution is 9.10. The fourth-order valence-corrected chi connectivity index (χ4v) is 3.42. The summed E-state index contributed by atoms with van der Waals surface area (Å²) < 4.78 is 12.4. The van der Waals surface area contributed by atoms with Crippen LogP contribution >= 0.6 is 39.0 Å². The predicted molar refractivity (Wildman–Crippen MR) is 83.3 cm³/mol. The van der Waals surface area contributed by atoms with Crippen LogP contribution in [0, 0.1) is 0 Å². The lowest BCUT2D eigenvalue weighted by Crippen LogP contribution is -1.94. The van der Waals surface area contributed by atoms with Gasteiger partial charge in [0, 0.05) is 6.54 Å². The molecule has 7 nitrogen and oxygen atoms in total. The van der Waals surface area contributed by atoms with Crippen LogP contribution in [0.25, 0.3) is 11.7 Å². The molecule has 0 aliphatic rings. The number of thioether (sulfide) groups is 1. The van der Waals surface area contributed by atoms with Gasteiger partial charge in [0.2, 0.25) is 11.0 Å². The van der Waals surface area contributed by atoms with E-state index in [0.29, 0.717) is 28.0 Å². The zero-order valence-electron chi connectivity index (χ0n) is 10.9. The Kier molecular flexibility index (Phi) is 4.56. The van der Waals surface area contributed by atoms with Gasteiger partial charge in [0.15, 0.2) is 14.8 Å². The molecule has 0 fully saturated rings. The van der Waals surface area contributed by atoms with Crippen molar-refractivity contribution in [3.05, 3.63) is 22.7 Å². The van der Waals surface area contributed by atoms with Gasteiger partial charge in [0.1, 0.15) is 0 Å². The molecule has 0 saturated carbocycles. The van der Waals surface area contributed by atoms with Crippen LogP contribution in [0.1, 0.15) is 12.8 Å². The largest absolute Gasteiger partial charge is 0.444 e. The number of halogens is 1. The minimum absolute atomic E-state index is 0.363. The molecule has 0 aromatic carbocycles. The molecule has 0 radical (unpaired) electrons. The van der Waals surface area contributed by atoms with Gasteiger partial charge >= 0.3 is 0 Å². The first-order valence-corrected chi connectivity index (χ1v) is 8.62. The van der Waals surface area contributed by atoms with Crippen LogP contribution in [0.4, 0.5) is 5.13 Å². The molecule has 0 aliphatic carbocycles. The summed E-state index contributed by atoms with van der Waals surface area (Å²) in [6.07, 6.45) is 0. The van der Waals surface area contributed by atoms with Crippen LogP contribution in [0.15, 0.2) is 30.0 Å². The third-order valence-corrected chi connectivity index (χ3v) is 4.73. The van der Waals surface area contributed by atoms with E-state index in [1.807, 2.05) is 6.92 Å². The molecule has 0 unspecified atom stereocenters. The Morgan fingerprint density at radius 2 is 2.14 bits per heavy atom. The smallest absolute Gasteiger partial charge is 0.283 e. The van der Waals surface area contributed by atoms with Crippen molar-refractivity contribution in [3.8, 4) is 11.7 Å². The van der Waals surface area contributed by atoms with Gasteiger partial charge in [-0.2, -0.15) is 0 Å². The fraction of sp³-hybridized carbons (Fsp3) is 0.273. The molecular formula is C11H10BrN5O2S2. The first-order chi connectivity index (χ1) is 10.2. The van der Waals surface area contributed by atoms with Crippen LogP contribution in [-0.2, 0) is 5.75 Å². The van der Waals surface area contributed by atoms with Crippen LogP contribution < -0.4 is 5.32 Å². The summed E-state index contributed by atoms with van der Waals surface area (Å²) in [4.78, 5) is 0. The summed E-state index contributed by atoms with van der Waals surface area (Å²) >= 11 is 6.23. The van der Waals surface area contributed by atoms with Gasteiger partial charge in [-0.05, 0) is 35.0 Å². The number of rotatable bonds is 6. The molecular weight excluding hydrogens is 378 g/mol. The highest BCUT2D eigenvalue weighted by atomic mass is 79.9. The molecule has 10 heteroatoms. The third-order valence-electron chi connectivity index (χ3n) is 2.30. The quantitative estimate of drug-likeness (QED) is 0.640. The van der Waals surface area contributed by atoms with E-state index in [1.165, 1.54) is 23.1 Å². The Morgan fingerprint density at radius 1 is 1.24 bits per heavy atom. The number of hydrogen-bond acceptors (Lipinski definition) is 9. The molecule has 0 spiro atoms. The number of aromatic nitrogens is 4. The monoisotopic (exact) mass is 387 g/mol. The average Bonchev–Trinajstić information content (AvgIpc) is 3.17. The molecule has 1 N–H and O–H groups in total. The van der Waals surface area contributed by atoms with E-state index in [2.05, 4.69) is 41.6 Å². The summed E-state index contributed by atoms with van der Waals surface area (Å²) in [6.45, 7) is 2.84. The van der Waals surface area contributed by atoms with Gasteiger partial charge in [-0.3, -0.25) is 0 Å². The van der Waals surface area contributed by atoms with E-state index in [-0.39, 0.29) is 0 Å². The SMILES string of the molecule is CCNc1nnc(SCc2nnc(-c3ccc(Br)o3)o2)s1. The van der Waals surface area contributed by atoms with Gasteiger partial charge in [-0.1, -0.05) is 23.1 Å². The second-order valence-electron chi connectivity index (χ2n) is 3.80. The second-order valence-corrected chi connectivity index (χ2v) is 6.78. The van der Waals surface area contributed by atoms with Gasteiger partial charge in [-0.15, -0.1) is 20.4 Å². The van der Waals surface area contributed by atoms with E-state index >= 15 is 0 Å². The molecule has 0 atom stereocenters. The zero-order valence-corrected chi connectivity index (χ0v) is 14.1. The van der Waals surface area contributed by atoms with Crippen molar-refractivity contribution in [3.63, 3.8) is 0 Å². The van der Waals surface area contributed by atoms with Gasteiger partial charge in [0.05, 0.1) is 5.75 Å². The summed E-state index contributed by atoms with van der Waals surface area (Å²) in [5.41, 5.74) is 0. The summed E-state index contributed by atoms with van der Waals surface area (Å²) in [7, 11) is 0. The standard InChI is InChI=1S/C11H10BrN5O2S2/c1-2-13-10-16-17-11(21-10)20-5-8-14-15-9(19-8)6-3-4-7(12)18-6/h3-4H,2,5H2,1H3,(H,13,16). The Labute approximate surface area is 136 Å². The van der Waals surface area contributed by atoms with Crippen molar-refractivity contribution >= 4 is 44.2 Å². The summed E-state index contributed by atoms with van der Waals surface area (Å²) in [6, 6.07) is 3.54. The average molecular weight is 388 g/mol. The lowest BCUT2D eigenvalue weighted by Gasteiger charge is -1.92. The Balaban J connectivity index is 1.61. The molecule has 3 aromatic heterocycles. The molecule has 3 aromatic rings. The van der Waals surface area contributed by atoms with Crippen LogP contribution in [0.2, 0.25) is 0 Å². The Bertz CT molecular complexity index is 726. The third kappa shape index (κ3) is 3.63. The molecule has 3 rings (SSSR count). The van der Waals surface area contributed by atoms with E-state index in [1.54, 1.807) is 12.1 Å². The Morgan fingerprint density at radius 3 is 2.90 bits per heavy atom. The lowest BCUT2D eigenvalue weighted by atomic mass is 10.5. The minimum Gasteiger partial charge on any atom is -0.444 e. The number of hydrogen-bond donors (Lipinski definition) is 1. The normalized spacial score (nSPS) is 11.0. The van der Waals surface area contributed by atoms with Gasteiger partial charge in [-0.25, -0.2) is 0 Å². The van der Waals surface area contributed by atoms with Crippen molar-refractivity contribution in [2.75, 3.05) is 11.9 Å². The van der Waals surface area contributed by atoms with E-state index < -0.39 is 0 Å². The van der Waals surface area contributed by atoms with E-state index in [9.17, 15) is 0 Å². The maximum atomic E-state index is 5.54. The van der Waals surface area contributed by atoms with Crippen molar-refractivity contribution in [1.29, 1.82) is 0 Å². The van der Waals surface area contributed by atoms with Crippen molar-refractivity contribution < 1.29 is 8.83 Å². The second kappa shape index (κ2) is 6.58. The first-order valence-electron chi connectivity index (χ1n) is 6.03. The Hall–Kier alpha value is -1.39. The number of furan rings is 1. The van der Waals surface area contributed by atoms with E-state index in [4.69, 9.17) is 8.83 Å². The van der Waals surface area contributed by atoms with Crippen LogP contribution in [0.5, 0.6) is 0 Å². The maximum absolute atomic E-state index is 5.54. The number of nitrogens with one attached hydrogen (secondary N) is 1. The fourth-order valence-electron chi connectivity index (χ4n) is 1.45. The van der Waals surface area contributed by atoms with Crippen molar-refractivity contribution in [2.24, 2.45) is 0 Å². The molecule has 0 aliphatic heterocycles. The molecule has 110 valence electrons. The number of nitrogens with zero attached hydrogens (tertiary/aromatic N) is 4.